The highest BCUT2D eigenvalue weighted by molar-refractivity contribution is 5.92. The molecule has 0 atom stereocenters. The average molecular weight is 275 g/mol. The topological polar surface area (TPSA) is 77.0 Å². The minimum atomic E-state index is -0.00856. The summed E-state index contributed by atoms with van der Waals surface area (Å²) in [6.07, 6.45) is 3.47. The summed E-state index contributed by atoms with van der Waals surface area (Å²) in [6, 6.07) is 1.75. The fourth-order valence-electron chi connectivity index (χ4n) is 2.50. The van der Waals surface area contributed by atoms with Gasteiger partial charge >= 0.3 is 0 Å². The first-order valence-electron chi connectivity index (χ1n) is 6.72. The number of aryl methyl sites for hydroxylation is 2. The van der Waals surface area contributed by atoms with Crippen LogP contribution in [0.5, 0.6) is 0 Å². The van der Waals surface area contributed by atoms with Crippen LogP contribution in [-0.2, 0) is 7.05 Å². The van der Waals surface area contributed by atoms with E-state index < -0.39 is 0 Å². The molecule has 1 amide bonds. The molecule has 0 aliphatic carbocycles. The molecule has 3 rings (SSSR count). The molecule has 7 heteroatoms. The summed E-state index contributed by atoms with van der Waals surface area (Å²) in [7, 11) is 1.81. The van der Waals surface area contributed by atoms with Crippen LogP contribution in [0, 0.1) is 6.92 Å². The molecule has 0 spiro atoms. The van der Waals surface area contributed by atoms with E-state index >= 15 is 0 Å². The van der Waals surface area contributed by atoms with E-state index in [0.29, 0.717) is 30.5 Å². The molecule has 3 heterocycles. The summed E-state index contributed by atoms with van der Waals surface area (Å²) >= 11 is 0. The van der Waals surface area contributed by atoms with Crippen molar-refractivity contribution in [3.8, 4) is 0 Å². The van der Waals surface area contributed by atoms with Crippen molar-refractivity contribution in [2.24, 2.45) is 7.05 Å². The maximum Gasteiger partial charge on any atom is 0.274 e. The van der Waals surface area contributed by atoms with Gasteiger partial charge in [0.2, 0.25) is 5.89 Å². The monoisotopic (exact) mass is 275 g/mol. The maximum atomic E-state index is 12.3. The second-order valence-electron chi connectivity index (χ2n) is 5.12. The quantitative estimate of drug-likeness (QED) is 0.821. The third kappa shape index (κ3) is 2.43. The third-order valence-electron chi connectivity index (χ3n) is 3.61. The van der Waals surface area contributed by atoms with E-state index in [9.17, 15) is 4.79 Å². The molecule has 2 aromatic heterocycles. The van der Waals surface area contributed by atoms with Gasteiger partial charge in [0.15, 0.2) is 5.82 Å². The van der Waals surface area contributed by atoms with Crippen LogP contribution in [-0.4, -0.2) is 43.8 Å². The number of carbonyl (C=O) groups is 1. The summed E-state index contributed by atoms with van der Waals surface area (Å²) in [5.74, 6) is 1.59. The van der Waals surface area contributed by atoms with Gasteiger partial charge in [0, 0.05) is 32.3 Å². The number of carbonyl (C=O) groups excluding carboxylic acids is 1. The van der Waals surface area contributed by atoms with Crippen LogP contribution in [0.2, 0.25) is 0 Å². The molecule has 1 aliphatic rings. The lowest BCUT2D eigenvalue weighted by Crippen LogP contribution is -2.38. The van der Waals surface area contributed by atoms with Crippen molar-refractivity contribution in [2.45, 2.75) is 25.7 Å². The van der Waals surface area contributed by atoms with Crippen molar-refractivity contribution in [1.29, 1.82) is 0 Å². The average Bonchev–Trinajstić information content (AvgIpc) is 3.07. The summed E-state index contributed by atoms with van der Waals surface area (Å²) in [4.78, 5) is 18.4. The molecule has 0 bridgehead atoms. The standard InChI is InChI=1S/C13H17N5O2/c1-9-14-12(20-16-9)10-3-7-18(8-4-10)13(19)11-5-6-17(2)15-11/h5-6,10H,3-4,7-8H2,1-2H3. The predicted molar refractivity (Wildman–Crippen MR) is 70.1 cm³/mol. The fraction of sp³-hybridized carbons (Fsp3) is 0.538. The van der Waals surface area contributed by atoms with Crippen LogP contribution in [0.3, 0.4) is 0 Å². The van der Waals surface area contributed by atoms with Gasteiger partial charge in [0.25, 0.3) is 5.91 Å². The summed E-state index contributed by atoms with van der Waals surface area (Å²) in [5.41, 5.74) is 0.500. The van der Waals surface area contributed by atoms with E-state index in [2.05, 4.69) is 15.2 Å². The van der Waals surface area contributed by atoms with Crippen LogP contribution in [0.15, 0.2) is 16.8 Å². The van der Waals surface area contributed by atoms with E-state index in [4.69, 9.17) is 4.52 Å². The fourth-order valence-corrected chi connectivity index (χ4v) is 2.50. The lowest BCUT2D eigenvalue weighted by molar-refractivity contribution is 0.0698. The highest BCUT2D eigenvalue weighted by Gasteiger charge is 2.28. The molecule has 106 valence electrons. The van der Waals surface area contributed by atoms with Gasteiger partial charge in [-0.2, -0.15) is 10.1 Å². The second kappa shape index (κ2) is 5.07. The van der Waals surface area contributed by atoms with Crippen molar-refractivity contribution in [2.75, 3.05) is 13.1 Å². The third-order valence-corrected chi connectivity index (χ3v) is 3.61. The molecule has 1 fully saturated rings. The first kappa shape index (κ1) is 12.8. The smallest absolute Gasteiger partial charge is 0.274 e. The largest absolute Gasteiger partial charge is 0.339 e. The molecule has 0 unspecified atom stereocenters. The van der Waals surface area contributed by atoms with Crippen molar-refractivity contribution >= 4 is 5.91 Å². The van der Waals surface area contributed by atoms with Gasteiger partial charge in [-0.15, -0.1) is 0 Å². The van der Waals surface area contributed by atoms with E-state index in [1.54, 1.807) is 24.0 Å². The van der Waals surface area contributed by atoms with E-state index in [-0.39, 0.29) is 11.8 Å². The Morgan fingerprint density at radius 3 is 2.70 bits per heavy atom. The number of hydrogen-bond donors (Lipinski definition) is 0. The van der Waals surface area contributed by atoms with Crippen LogP contribution in [0.4, 0.5) is 0 Å². The van der Waals surface area contributed by atoms with Gasteiger partial charge in [-0.05, 0) is 25.8 Å². The number of rotatable bonds is 2. The number of hydrogen-bond acceptors (Lipinski definition) is 5. The van der Waals surface area contributed by atoms with E-state index in [1.165, 1.54) is 0 Å². The molecule has 20 heavy (non-hydrogen) atoms. The zero-order valence-corrected chi connectivity index (χ0v) is 11.6. The molecule has 1 aliphatic heterocycles. The molecular weight excluding hydrogens is 258 g/mol. The zero-order valence-electron chi connectivity index (χ0n) is 11.6. The van der Waals surface area contributed by atoms with E-state index in [0.717, 1.165) is 12.8 Å². The number of likely N-dealkylation sites (tertiary alicyclic amines) is 1. The minimum Gasteiger partial charge on any atom is -0.339 e. The molecule has 7 nitrogen and oxygen atoms in total. The van der Waals surface area contributed by atoms with Gasteiger partial charge in [-0.1, -0.05) is 5.16 Å². The molecule has 2 aromatic rings. The molecular formula is C13H17N5O2. The normalized spacial score (nSPS) is 16.6. The first-order chi connectivity index (χ1) is 9.63. The van der Waals surface area contributed by atoms with Gasteiger partial charge in [0.05, 0.1) is 0 Å². The predicted octanol–water partition coefficient (Wildman–Crippen LogP) is 1.13. The van der Waals surface area contributed by atoms with Crippen LogP contribution < -0.4 is 0 Å². The van der Waals surface area contributed by atoms with Crippen molar-refractivity contribution in [3.63, 3.8) is 0 Å². The van der Waals surface area contributed by atoms with Gasteiger partial charge in [-0.3, -0.25) is 9.48 Å². The van der Waals surface area contributed by atoms with Gasteiger partial charge < -0.3 is 9.42 Å². The zero-order chi connectivity index (χ0) is 14.1. The Balaban J connectivity index is 1.62. The summed E-state index contributed by atoms with van der Waals surface area (Å²) in [6.45, 7) is 3.20. The Hall–Kier alpha value is -2.18. The van der Waals surface area contributed by atoms with Crippen molar-refractivity contribution in [1.82, 2.24) is 24.8 Å². The number of piperidine rings is 1. The molecule has 0 saturated carbocycles. The summed E-state index contributed by atoms with van der Waals surface area (Å²) in [5, 5.41) is 7.97. The van der Waals surface area contributed by atoms with Gasteiger partial charge in [0.1, 0.15) is 5.69 Å². The molecule has 0 N–H and O–H groups in total. The lowest BCUT2D eigenvalue weighted by Gasteiger charge is -2.29. The Labute approximate surface area is 116 Å². The summed E-state index contributed by atoms with van der Waals surface area (Å²) < 4.78 is 6.85. The van der Waals surface area contributed by atoms with Crippen LogP contribution >= 0.6 is 0 Å². The van der Waals surface area contributed by atoms with Crippen LogP contribution in [0.25, 0.3) is 0 Å². The highest BCUT2D eigenvalue weighted by atomic mass is 16.5. The number of nitrogens with zero attached hydrogens (tertiary/aromatic N) is 5. The SMILES string of the molecule is Cc1noc(C2CCN(C(=O)c3ccn(C)n3)CC2)n1. The maximum absolute atomic E-state index is 12.3. The number of aromatic nitrogens is 4. The second-order valence-corrected chi connectivity index (χ2v) is 5.12. The minimum absolute atomic E-state index is 0.00856. The first-order valence-corrected chi connectivity index (χ1v) is 6.72. The van der Waals surface area contributed by atoms with Crippen LogP contribution in [0.1, 0.15) is 41.0 Å². The van der Waals surface area contributed by atoms with Crippen molar-refractivity contribution in [3.05, 3.63) is 29.7 Å². The molecule has 1 saturated heterocycles. The van der Waals surface area contributed by atoms with E-state index in [1.807, 2.05) is 11.8 Å². The Morgan fingerprint density at radius 1 is 1.40 bits per heavy atom. The Bertz CT molecular complexity index is 610. The lowest BCUT2D eigenvalue weighted by atomic mass is 9.96. The Kier molecular flexibility index (Phi) is 3.25. The molecule has 0 aromatic carbocycles. The van der Waals surface area contributed by atoms with Crippen molar-refractivity contribution < 1.29 is 9.32 Å². The van der Waals surface area contributed by atoms with Gasteiger partial charge in [-0.25, -0.2) is 0 Å². The highest BCUT2D eigenvalue weighted by Crippen LogP contribution is 2.27. The molecule has 0 radical (unpaired) electrons. The number of amides is 1. The Morgan fingerprint density at radius 2 is 2.15 bits per heavy atom.